The lowest BCUT2D eigenvalue weighted by Crippen LogP contribution is -2.52. The Bertz CT molecular complexity index is 659. The Morgan fingerprint density at radius 3 is 2.43 bits per heavy atom. The maximum Gasteiger partial charge on any atom is 0.236 e. The Balaban J connectivity index is 1.31. The van der Waals surface area contributed by atoms with Crippen LogP contribution in [-0.2, 0) is 20.9 Å². The van der Waals surface area contributed by atoms with Crippen molar-refractivity contribution in [3.63, 3.8) is 0 Å². The minimum absolute atomic E-state index is 0.0192. The number of nitrogens with one attached hydrogen (secondary N) is 1. The van der Waals surface area contributed by atoms with Crippen molar-refractivity contribution in [1.29, 1.82) is 0 Å². The second-order valence-electron chi connectivity index (χ2n) is 7.23. The normalized spacial score (nSPS) is 18.8. The average Bonchev–Trinajstić information content (AvgIpc) is 2.73. The lowest BCUT2D eigenvalue weighted by molar-refractivity contribution is -0.135. The van der Waals surface area contributed by atoms with Gasteiger partial charge in [0.25, 0.3) is 0 Å². The van der Waals surface area contributed by atoms with Crippen LogP contribution < -0.4 is 5.32 Å². The van der Waals surface area contributed by atoms with Gasteiger partial charge < -0.3 is 15.0 Å². The highest BCUT2D eigenvalue weighted by Crippen LogP contribution is 2.14. The maximum atomic E-state index is 12.4. The van der Waals surface area contributed by atoms with Crippen LogP contribution in [0, 0.1) is 0 Å². The molecule has 2 fully saturated rings. The van der Waals surface area contributed by atoms with Gasteiger partial charge >= 0.3 is 0 Å². The highest BCUT2D eigenvalue weighted by atomic mass is 35.5. The molecular weight excluding hydrogens is 380 g/mol. The minimum Gasteiger partial charge on any atom is -0.379 e. The maximum absolute atomic E-state index is 12.4. The predicted molar refractivity (Wildman–Crippen MR) is 108 cm³/mol. The zero-order chi connectivity index (χ0) is 19.8. The third-order valence-electron chi connectivity index (χ3n) is 5.28. The molecule has 8 heteroatoms. The number of piperazine rings is 1. The summed E-state index contributed by atoms with van der Waals surface area (Å²) in [7, 11) is 0. The molecule has 2 amide bonds. The summed E-state index contributed by atoms with van der Waals surface area (Å²) < 4.78 is 5.32. The Morgan fingerprint density at radius 2 is 1.71 bits per heavy atom. The molecule has 1 aromatic carbocycles. The van der Waals surface area contributed by atoms with E-state index in [4.69, 9.17) is 16.3 Å². The predicted octanol–water partition coefficient (Wildman–Crippen LogP) is 0.823. The molecule has 0 aromatic heterocycles. The van der Waals surface area contributed by atoms with Crippen molar-refractivity contribution in [2.75, 3.05) is 65.6 Å². The van der Waals surface area contributed by atoms with Gasteiger partial charge in [0.2, 0.25) is 11.8 Å². The Morgan fingerprint density at radius 1 is 1.00 bits per heavy atom. The molecule has 0 saturated carbocycles. The Labute approximate surface area is 171 Å². The number of hydrogen-bond donors (Lipinski definition) is 1. The van der Waals surface area contributed by atoms with Crippen LogP contribution in [0.1, 0.15) is 12.0 Å². The standard InChI is InChI=1S/C20H29ClN4O3/c21-18-4-2-1-3-17(18)15-22-19(26)5-6-23-7-9-25(10-8-23)20(27)16-24-11-13-28-14-12-24/h1-4H,5-16H2,(H,22,26). The zero-order valence-corrected chi connectivity index (χ0v) is 17.0. The molecule has 0 radical (unpaired) electrons. The number of carbonyl (C=O) groups excluding carboxylic acids is 2. The molecule has 2 heterocycles. The molecule has 7 nitrogen and oxygen atoms in total. The van der Waals surface area contributed by atoms with Gasteiger partial charge in [0.05, 0.1) is 19.8 Å². The molecule has 0 aliphatic carbocycles. The van der Waals surface area contributed by atoms with Crippen molar-refractivity contribution in [3.8, 4) is 0 Å². The van der Waals surface area contributed by atoms with Gasteiger partial charge in [-0.3, -0.25) is 19.4 Å². The van der Waals surface area contributed by atoms with Crippen LogP contribution in [0.4, 0.5) is 0 Å². The summed E-state index contributed by atoms with van der Waals surface area (Å²) in [6, 6.07) is 7.52. The van der Waals surface area contributed by atoms with Gasteiger partial charge in [-0.2, -0.15) is 0 Å². The van der Waals surface area contributed by atoms with Gasteiger partial charge in [0.15, 0.2) is 0 Å². The summed E-state index contributed by atoms with van der Waals surface area (Å²) in [6.45, 7) is 7.79. The summed E-state index contributed by atoms with van der Waals surface area (Å²) in [5.74, 6) is 0.213. The minimum atomic E-state index is 0.0192. The number of benzene rings is 1. The van der Waals surface area contributed by atoms with Crippen LogP contribution in [0.15, 0.2) is 24.3 Å². The highest BCUT2D eigenvalue weighted by molar-refractivity contribution is 6.31. The van der Waals surface area contributed by atoms with Gasteiger partial charge in [0.1, 0.15) is 0 Å². The van der Waals surface area contributed by atoms with Gasteiger partial charge in [-0.25, -0.2) is 0 Å². The van der Waals surface area contributed by atoms with E-state index in [2.05, 4.69) is 15.1 Å². The van der Waals surface area contributed by atoms with Gasteiger partial charge in [-0.15, -0.1) is 0 Å². The molecule has 0 atom stereocenters. The van der Waals surface area contributed by atoms with Crippen molar-refractivity contribution in [3.05, 3.63) is 34.9 Å². The molecule has 0 unspecified atom stereocenters. The number of amides is 2. The van der Waals surface area contributed by atoms with E-state index in [1.54, 1.807) is 0 Å². The molecule has 154 valence electrons. The van der Waals surface area contributed by atoms with Crippen LogP contribution >= 0.6 is 11.6 Å². The zero-order valence-electron chi connectivity index (χ0n) is 16.2. The van der Waals surface area contributed by atoms with Crippen molar-refractivity contribution >= 4 is 23.4 Å². The van der Waals surface area contributed by atoms with Crippen LogP contribution in [0.25, 0.3) is 0 Å². The van der Waals surface area contributed by atoms with Crippen LogP contribution in [0.5, 0.6) is 0 Å². The van der Waals surface area contributed by atoms with Crippen molar-refractivity contribution in [1.82, 2.24) is 20.0 Å². The number of halogens is 1. The largest absolute Gasteiger partial charge is 0.379 e. The molecule has 2 aliphatic rings. The van der Waals surface area contributed by atoms with E-state index < -0.39 is 0 Å². The molecule has 2 aliphatic heterocycles. The van der Waals surface area contributed by atoms with E-state index in [0.717, 1.165) is 44.8 Å². The topological polar surface area (TPSA) is 65.1 Å². The van der Waals surface area contributed by atoms with Gasteiger partial charge in [-0.1, -0.05) is 29.8 Å². The van der Waals surface area contributed by atoms with E-state index in [-0.39, 0.29) is 11.8 Å². The Hall–Kier alpha value is -1.67. The number of carbonyl (C=O) groups is 2. The van der Waals surface area contributed by atoms with Crippen LogP contribution in [-0.4, -0.2) is 92.1 Å². The summed E-state index contributed by atoms with van der Waals surface area (Å²) in [5.41, 5.74) is 0.921. The van der Waals surface area contributed by atoms with Crippen LogP contribution in [0.3, 0.4) is 0 Å². The lowest BCUT2D eigenvalue weighted by atomic mass is 10.2. The average molecular weight is 409 g/mol. The summed E-state index contributed by atoms with van der Waals surface area (Å²) >= 11 is 6.11. The summed E-state index contributed by atoms with van der Waals surface area (Å²) in [4.78, 5) is 30.9. The highest BCUT2D eigenvalue weighted by Gasteiger charge is 2.23. The molecule has 1 aromatic rings. The van der Waals surface area contributed by atoms with E-state index in [1.807, 2.05) is 29.2 Å². The molecular formula is C20H29ClN4O3. The number of rotatable bonds is 7. The first-order valence-electron chi connectivity index (χ1n) is 9.92. The third kappa shape index (κ3) is 6.44. The summed E-state index contributed by atoms with van der Waals surface area (Å²) in [6.07, 6.45) is 0.451. The Kier molecular flexibility index (Phi) is 8.09. The fraction of sp³-hybridized carbons (Fsp3) is 0.600. The molecule has 0 spiro atoms. The third-order valence-corrected chi connectivity index (χ3v) is 5.65. The second kappa shape index (κ2) is 10.8. The summed E-state index contributed by atoms with van der Waals surface area (Å²) in [5, 5.41) is 3.59. The number of ether oxygens (including phenoxy) is 1. The number of hydrogen-bond acceptors (Lipinski definition) is 5. The van der Waals surface area contributed by atoms with Crippen molar-refractivity contribution < 1.29 is 14.3 Å². The molecule has 28 heavy (non-hydrogen) atoms. The smallest absolute Gasteiger partial charge is 0.236 e. The van der Waals surface area contributed by atoms with Crippen molar-refractivity contribution in [2.45, 2.75) is 13.0 Å². The number of nitrogens with zero attached hydrogens (tertiary/aromatic N) is 3. The van der Waals surface area contributed by atoms with E-state index in [1.165, 1.54) is 0 Å². The molecule has 2 saturated heterocycles. The fourth-order valence-electron chi connectivity index (χ4n) is 3.46. The van der Waals surface area contributed by atoms with Crippen LogP contribution in [0.2, 0.25) is 5.02 Å². The van der Waals surface area contributed by atoms with Gasteiger partial charge in [0, 0.05) is 63.8 Å². The van der Waals surface area contributed by atoms with E-state index in [9.17, 15) is 9.59 Å². The SMILES string of the molecule is O=C(CCN1CCN(C(=O)CN2CCOCC2)CC1)NCc1ccccc1Cl. The molecule has 0 bridgehead atoms. The lowest BCUT2D eigenvalue weighted by Gasteiger charge is -2.36. The van der Waals surface area contributed by atoms with E-state index >= 15 is 0 Å². The van der Waals surface area contributed by atoms with Crippen molar-refractivity contribution in [2.24, 2.45) is 0 Å². The van der Waals surface area contributed by atoms with E-state index in [0.29, 0.717) is 44.3 Å². The first kappa shape index (κ1) is 21.0. The first-order valence-corrected chi connectivity index (χ1v) is 10.3. The first-order chi connectivity index (χ1) is 13.6. The number of morpholine rings is 1. The quantitative estimate of drug-likeness (QED) is 0.723. The van der Waals surface area contributed by atoms with Gasteiger partial charge in [-0.05, 0) is 11.6 Å². The fourth-order valence-corrected chi connectivity index (χ4v) is 3.66. The molecule has 3 rings (SSSR count). The molecule has 1 N–H and O–H groups in total. The second-order valence-corrected chi connectivity index (χ2v) is 7.64. The monoisotopic (exact) mass is 408 g/mol.